The van der Waals surface area contributed by atoms with Crippen molar-refractivity contribution in [2.45, 2.75) is 50.7 Å². The van der Waals surface area contributed by atoms with Crippen LogP contribution in [0.3, 0.4) is 0 Å². The number of aryl methyl sites for hydroxylation is 1. The molecule has 1 saturated heterocycles. The highest BCUT2D eigenvalue weighted by Crippen LogP contribution is 2.39. The van der Waals surface area contributed by atoms with Crippen LogP contribution in [-0.4, -0.2) is 67.8 Å². The minimum absolute atomic E-state index is 0.0563. The van der Waals surface area contributed by atoms with Gasteiger partial charge in [0.05, 0.1) is 6.10 Å². The van der Waals surface area contributed by atoms with E-state index < -0.39 is 0 Å². The van der Waals surface area contributed by atoms with E-state index in [1.54, 1.807) is 0 Å². The first kappa shape index (κ1) is 19.2. The van der Waals surface area contributed by atoms with Gasteiger partial charge in [0, 0.05) is 31.8 Å². The molecule has 0 spiro atoms. The molecule has 2 amide bonds. The van der Waals surface area contributed by atoms with Crippen LogP contribution in [0.5, 0.6) is 0 Å². The summed E-state index contributed by atoms with van der Waals surface area (Å²) in [6, 6.07) is 8.71. The van der Waals surface area contributed by atoms with Crippen LogP contribution >= 0.6 is 0 Å². The zero-order chi connectivity index (χ0) is 18.6. The smallest absolute Gasteiger partial charge is 0.317 e. The molecule has 0 radical (unpaired) electrons. The standard InChI is InChI=1S/C21H33N3O2/c1-17-6-8-18(9-7-17)15-21(10-11-21)22-20(25)24(13-12-23(2)3)16-19-5-4-14-26-19/h6-9,19H,4-5,10-16H2,1-3H3,(H,22,25). The van der Waals surface area contributed by atoms with Crippen LogP contribution in [-0.2, 0) is 11.2 Å². The lowest BCUT2D eigenvalue weighted by Crippen LogP contribution is -2.50. The Morgan fingerprint density at radius 3 is 2.54 bits per heavy atom. The maximum absolute atomic E-state index is 13.0. The summed E-state index contributed by atoms with van der Waals surface area (Å²) in [6.45, 7) is 5.22. The minimum Gasteiger partial charge on any atom is -0.376 e. The molecule has 1 aromatic rings. The third-order valence-corrected chi connectivity index (χ3v) is 5.44. The van der Waals surface area contributed by atoms with Crippen molar-refractivity contribution >= 4 is 6.03 Å². The Morgan fingerprint density at radius 1 is 1.23 bits per heavy atom. The predicted molar refractivity (Wildman–Crippen MR) is 104 cm³/mol. The Bertz CT molecular complexity index is 590. The minimum atomic E-state index is -0.0563. The van der Waals surface area contributed by atoms with E-state index in [9.17, 15) is 4.79 Å². The maximum Gasteiger partial charge on any atom is 0.317 e. The average Bonchev–Trinajstić information content (AvgIpc) is 3.14. The SMILES string of the molecule is Cc1ccc(CC2(NC(=O)N(CCN(C)C)CC3CCCO3)CC2)cc1. The number of likely N-dealkylation sites (N-methyl/N-ethyl adjacent to an activating group) is 1. The lowest BCUT2D eigenvalue weighted by atomic mass is 10.0. The molecule has 1 heterocycles. The van der Waals surface area contributed by atoms with Gasteiger partial charge in [-0.2, -0.15) is 0 Å². The zero-order valence-corrected chi connectivity index (χ0v) is 16.5. The number of nitrogens with one attached hydrogen (secondary N) is 1. The van der Waals surface area contributed by atoms with E-state index in [0.717, 1.165) is 51.8 Å². The number of hydrogen-bond donors (Lipinski definition) is 1. The molecule has 1 unspecified atom stereocenters. The molecule has 0 aromatic heterocycles. The Labute approximate surface area is 157 Å². The molecular weight excluding hydrogens is 326 g/mol. The van der Waals surface area contributed by atoms with Gasteiger partial charge in [0.1, 0.15) is 0 Å². The van der Waals surface area contributed by atoms with Crippen molar-refractivity contribution < 1.29 is 9.53 Å². The van der Waals surface area contributed by atoms with Crippen LogP contribution in [0.2, 0.25) is 0 Å². The largest absolute Gasteiger partial charge is 0.376 e. The second-order valence-corrected chi connectivity index (χ2v) is 8.26. The van der Waals surface area contributed by atoms with Crippen molar-refractivity contribution in [3.63, 3.8) is 0 Å². The van der Waals surface area contributed by atoms with E-state index in [4.69, 9.17) is 4.74 Å². The number of benzene rings is 1. The van der Waals surface area contributed by atoms with Gasteiger partial charge in [-0.1, -0.05) is 29.8 Å². The number of hydrogen-bond acceptors (Lipinski definition) is 3. The summed E-state index contributed by atoms with van der Waals surface area (Å²) in [6.07, 6.45) is 5.39. The fourth-order valence-corrected chi connectivity index (χ4v) is 3.53. The van der Waals surface area contributed by atoms with Gasteiger partial charge in [-0.3, -0.25) is 0 Å². The Kier molecular flexibility index (Phi) is 6.20. The highest BCUT2D eigenvalue weighted by Gasteiger charge is 2.44. The van der Waals surface area contributed by atoms with Gasteiger partial charge in [-0.25, -0.2) is 4.79 Å². The maximum atomic E-state index is 13.0. The molecule has 1 N–H and O–H groups in total. The highest BCUT2D eigenvalue weighted by atomic mass is 16.5. The summed E-state index contributed by atoms with van der Waals surface area (Å²) < 4.78 is 5.76. The number of urea groups is 1. The van der Waals surface area contributed by atoms with Crippen molar-refractivity contribution in [3.8, 4) is 0 Å². The molecule has 2 aliphatic rings. The second kappa shape index (κ2) is 8.40. The topological polar surface area (TPSA) is 44.8 Å². The fraction of sp³-hybridized carbons (Fsp3) is 0.667. The van der Waals surface area contributed by atoms with Crippen LogP contribution < -0.4 is 5.32 Å². The quantitative estimate of drug-likeness (QED) is 0.776. The van der Waals surface area contributed by atoms with Crippen molar-refractivity contribution in [1.82, 2.24) is 15.1 Å². The monoisotopic (exact) mass is 359 g/mol. The average molecular weight is 360 g/mol. The summed E-state index contributed by atoms with van der Waals surface area (Å²) in [5, 5.41) is 3.34. The molecule has 144 valence electrons. The van der Waals surface area contributed by atoms with Crippen LogP contribution in [0.4, 0.5) is 4.79 Å². The van der Waals surface area contributed by atoms with Crippen molar-refractivity contribution in [2.24, 2.45) is 0 Å². The number of nitrogens with zero attached hydrogens (tertiary/aromatic N) is 2. The van der Waals surface area contributed by atoms with Gasteiger partial charge in [0.15, 0.2) is 0 Å². The lowest BCUT2D eigenvalue weighted by molar-refractivity contribution is 0.0788. The first-order chi connectivity index (χ1) is 12.5. The van der Waals surface area contributed by atoms with E-state index in [-0.39, 0.29) is 17.7 Å². The number of amides is 2. The van der Waals surface area contributed by atoms with Crippen LogP contribution in [0.15, 0.2) is 24.3 Å². The Hall–Kier alpha value is -1.59. The number of ether oxygens (including phenoxy) is 1. The van der Waals surface area contributed by atoms with Crippen LogP contribution in [0.1, 0.15) is 36.8 Å². The molecule has 26 heavy (non-hydrogen) atoms. The first-order valence-electron chi connectivity index (χ1n) is 9.85. The Morgan fingerprint density at radius 2 is 1.96 bits per heavy atom. The van der Waals surface area contributed by atoms with Crippen LogP contribution in [0, 0.1) is 6.92 Å². The molecule has 5 nitrogen and oxygen atoms in total. The molecular formula is C21H33N3O2. The molecule has 1 saturated carbocycles. The van der Waals surface area contributed by atoms with Gasteiger partial charge in [0.25, 0.3) is 0 Å². The third kappa shape index (κ3) is 5.45. The van der Waals surface area contributed by atoms with E-state index >= 15 is 0 Å². The van der Waals surface area contributed by atoms with E-state index in [0.29, 0.717) is 6.54 Å². The molecule has 1 aromatic carbocycles. The lowest BCUT2D eigenvalue weighted by Gasteiger charge is -2.29. The number of carbonyl (C=O) groups excluding carboxylic acids is 1. The summed E-state index contributed by atoms with van der Waals surface area (Å²) in [5.41, 5.74) is 2.51. The molecule has 3 rings (SSSR count). The van der Waals surface area contributed by atoms with Crippen molar-refractivity contribution in [1.29, 1.82) is 0 Å². The summed E-state index contributed by atoms with van der Waals surface area (Å²) >= 11 is 0. The first-order valence-corrected chi connectivity index (χ1v) is 9.85. The summed E-state index contributed by atoms with van der Waals surface area (Å²) in [4.78, 5) is 17.1. The normalized spacial score (nSPS) is 21.0. The highest BCUT2D eigenvalue weighted by molar-refractivity contribution is 5.75. The van der Waals surface area contributed by atoms with E-state index in [1.807, 2.05) is 19.0 Å². The van der Waals surface area contributed by atoms with E-state index in [1.165, 1.54) is 11.1 Å². The number of rotatable bonds is 8. The number of carbonyl (C=O) groups is 1. The van der Waals surface area contributed by atoms with Gasteiger partial charge in [-0.15, -0.1) is 0 Å². The molecule has 0 bridgehead atoms. The van der Waals surface area contributed by atoms with Gasteiger partial charge in [-0.05, 0) is 58.7 Å². The molecule has 1 aliphatic heterocycles. The summed E-state index contributed by atoms with van der Waals surface area (Å²) in [7, 11) is 4.09. The fourth-order valence-electron chi connectivity index (χ4n) is 3.53. The summed E-state index contributed by atoms with van der Waals surface area (Å²) in [5.74, 6) is 0. The van der Waals surface area contributed by atoms with E-state index in [2.05, 4.69) is 41.4 Å². The second-order valence-electron chi connectivity index (χ2n) is 8.26. The van der Waals surface area contributed by atoms with Crippen molar-refractivity contribution in [3.05, 3.63) is 35.4 Å². The Balaban J connectivity index is 1.59. The van der Waals surface area contributed by atoms with Crippen LogP contribution in [0.25, 0.3) is 0 Å². The van der Waals surface area contributed by atoms with Crippen molar-refractivity contribution in [2.75, 3.05) is 40.3 Å². The van der Waals surface area contributed by atoms with Gasteiger partial charge in [0.2, 0.25) is 0 Å². The van der Waals surface area contributed by atoms with Gasteiger partial charge >= 0.3 is 6.03 Å². The molecule has 5 heteroatoms. The predicted octanol–water partition coefficient (Wildman–Crippen LogP) is 2.82. The molecule has 1 atom stereocenters. The van der Waals surface area contributed by atoms with Gasteiger partial charge < -0.3 is 19.9 Å². The molecule has 2 fully saturated rings. The zero-order valence-electron chi connectivity index (χ0n) is 16.5. The third-order valence-electron chi connectivity index (χ3n) is 5.44. The molecule has 1 aliphatic carbocycles.